The Bertz CT molecular complexity index is 3480. The van der Waals surface area contributed by atoms with Gasteiger partial charge in [0.2, 0.25) is 0 Å². The number of para-hydroxylation sites is 6. The Labute approximate surface area is 325 Å². The molecule has 0 aliphatic rings. The van der Waals surface area contributed by atoms with E-state index in [0.29, 0.717) is 5.82 Å². The van der Waals surface area contributed by atoms with Crippen molar-refractivity contribution in [2.45, 2.75) is 0 Å². The number of nitrogens with zero attached hydrogens (tertiary/aromatic N) is 5. The van der Waals surface area contributed by atoms with E-state index in [1.807, 2.05) is 40.3 Å². The average Bonchev–Trinajstić information content (AvgIpc) is 4.04. The van der Waals surface area contributed by atoms with Crippen LogP contribution < -0.4 is 0 Å². The highest BCUT2D eigenvalue weighted by Crippen LogP contribution is 2.45. The number of benzene rings is 8. The molecule has 0 bridgehead atoms. The van der Waals surface area contributed by atoms with Gasteiger partial charge in [0.1, 0.15) is 0 Å². The van der Waals surface area contributed by atoms with Crippen LogP contribution in [0, 0.1) is 0 Å². The van der Waals surface area contributed by atoms with Crippen molar-refractivity contribution in [2.24, 2.45) is 0 Å². The van der Waals surface area contributed by atoms with Crippen LogP contribution in [-0.2, 0) is 0 Å². The van der Waals surface area contributed by atoms with Crippen molar-refractivity contribution in [2.75, 3.05) is 0 Å². The van der Waals surface area contributed by atoms with Crippen LogP contribution >= 0.6 is 11.3 Å². The Balaban J connectivity index is 1.18. The lowest BCUT2D eigenvalue weighted by atomic mass is 10.1. The van der Waals surface area contributed by atoms with Crippen molar-refractivity contribution < 1.29 is 0 Å². The summed E-state index contributed by atoms with van der Waals surface area (Å²) in [5.41, 5.74) is 9.69. The predicted octanol–water partition coefficient (Wildman–Crippen LogP) is 13.2. The smallest absolute Gasteiger partial charge is 0.182 e. The van der Waals surface area contributed by atoms with E-state index in [1.165, 1.54) is 47.4 Å². The lowest BCUT2D eigenvalue weighted by Crippen LogP contribution is -2.05. The van der Waals surface area contributed by atoms with E-state index in [9.17, 15) is 0 Å². The van der Waals surface area contributed by atoms with Crippen molar-refractivity contribution in [3.8, 4) is 39.8 Å². The van der Waals surface area contributed by atoms with Crippen molar-refractivity contribution in [3.05, 3.63) is 188 Å². The lowest BCUT2D eigenvalue weighted by molar-refractivity contribution is 0.891. The predicted molar refractivity (Wildman–Crippen MR) is 234 cm³/mol. The summed E-state index contributed by atoms with van der Waals surface area (Å²) in [5, 5.41) is 12.6. The second-order valence-corrected chi connectivity index (χ2v) is 15.3. The Morgan fingerprint density at radius 2 is 1.05 bits per heavy atom. The maximum atomic E-state index is 5.32. The Morgan fingerprint density at radius 1 is 0.429 bits per heavy atom. The first-order valence-electron chi connectivity index (χ1n) is 18.9. The van der Waals surface area contributed by atoms with Gasteiger partial charge in [-0.15, -0.1) is 16.4 Å². The Kier molecular flexibility index (Phi) is 6.73. The van der Waals surface area contributed by atoms with Gasteiger partial charge >= 0.3 is 0 Å². The number of thiophene rings is 1. The lowest BCUT2D eigenvalue weighted by Gasteiger charge is -2.18. The molecule has 5 nitrogen and oxygen atoms in total. The zero-order valence-corrected chi connectivity index (χ0v) is 30.9. The second-order valence-electron chi connectivity index (χ2n) is 14.2. The monoisotopic (exact) mass is 733 g/mol. The van der Waals surface area contributed by atoms with E-state index >= 15 is 0 Å². The molecule has 0 aliphatic heterocycles. The molecule has 4 heterocycles. The normalized spacial score (nSPS) is 11.9. The Morgan fingerprint density at radius 3 is 1.86 bits per heavy atom. The van der Waals surface area contributed by atoms with E-state index in [0.717, 1.165) is 50.4 Å². The van der Waals surface area contributed by atoms with Crippen molar-refractivity contribution in [3.63, 3.8) is 0 Å². The van der Waals surface area contributed by atoms with Crippen molar-refractivity contribution >= 4 is 75.1 Å². The van der Waals surface area contributed by atoms with Crippen molar-refractivity contribution in [1.82, 2.24) is 23.9 Å². The molecule has 0 radical (unpaired) electrons. The summed E-state index contributed by atoms with van der Waals surface area (Å²) in [5.74, 6) is 1.47. The number of hydrogen-bond donors (Lipinski definition) is 0. The molecule has 0 aliphatic carbocycles. The molecular formula is C50H31N5S. The van der Waals surface area contributed by atoms with Gasteiger partial charge in [-0.3, -0.25) is 0 Å². The first kappa shape index (κ1) is 31.1. The Hall–Kier alpha value is -7.28. The highest BCUT2D eigenvalue weighted by atomic mass is 32.1. The molecule has 0 unspecified atom stereocenters. The molecule has 6 heteroatoms. The van der Waals surface area contributed by atoms with Crippen LogP contribution in [0.15, 0.2) is 188 Å². The molecule has 8 aromatic carbocycles. The number of fused-ring (bicyclic) bond motifs is 10. The fraction of sp³-hybridized carbons (Fsp3) is 0. The standard InChI is InChI=1S/C50H31N5S/c1-3-16-32(17-4-1)49-51-50(55(52-49)33-18-5-2-6-19-33)39-24-15-23-36-34-20-7-10-25-40(34)54(47(36)39)43-28-13-12-27-42(43)53-41-26-11-8-22-38(41)46-44(53)31-30-37-35-21-9-14-29-45(35)56-48(37)46/h1-31H. The van der Waals surface area contributed by atoms with Crippen LogP contribution in [0.1, 0.15) is 0 Å². The van der Waals surface area contributed by atoms with Crippen molar-refractivity contribution in [1.29, 1.82) is 0 Å². The molecule has 12 rings (SSSR count). The summed E-state index contributed by atoms with van der Waals surface area (Å²) >= 11 is 1.89. The van der Waals surface area contributed by atoms with E-state index in [2.05, 4.69) is 173 Å². The van der Waals surface area contributed by atoms with Crippen LogP contribution in [-0.4, -0.2) is 23.9 Å². The molecule has 0 saturated heterocycles. The third kappa shape index (κ3) is 4.48. The third-order valence-electron chi connectivity index (χ3n) is 11.1. The largest absolute Gasteiger partial charge is 0.307 e. The highest BCUT2D eigenvalue weighted by molar-refractivity contribution is 7.26. The second kappa shape index (κ2) is 12.1. The zero-order chi connectivity index (χ0) is 36.7. The summed E-state index contributed by atoms with van der Waals surface area (Å²) < 4.78 is 9.54. The van der Waals surface area contributed by atoms with E-state index in [4.69, 9.17) is 10.1 Å². The molecular weight excluding hydrogens is 703 g/mol. The number of hydrogen-bond acceptors (Lipinski definition) is 3. The molecule has 0 amide bonds. The molecule has 56 heavy (non-hydrogen) atoms. The summed E-state index contributed by atoms with van der Waals surface area (Å²) in [7, 11) is 0. The number of rotatable bonds is 5. The molecule has 0 fully saturated rings. The van der Waals surface area contributed by atoms with Gasteiger partial charge in [-0.2, -0.15) is 0 Å². The quantitative estimate of drug-likeness (QED) is 0.177. The summed E-state index contributed by atoms with van der Waals surface area (Å²) in [6.45, 7) is 0. The van der Waals surface area contributed by atoms with Gasteiger partial charge in [-0.1, -0.05) is 133 Å². The third-order valence-corrected chi connectivity index (χ3v) is 12.3. The fourth-order valence-corrected chi connectivity index (χ4v) is 9.99. The zero-order valence-electron chi connectivity index (χ0n) is 30.0. The molecule has 0 atom stereocenters. The molecule has 262 valence electrons. The van der Waals surface area contributed by atoms with Gasteiger partial charge in [0.15, 0.2) is 11.6 Å². The van der Waals surface area contributed by atoms with E-state index in [1.54, 1.807) is 0 Å². The minimum Gasteiger partial charge on any atom is -0.307 e. The van der Waals surface area contributed by atoms with Crippen LogP contribution in [0.3, 0.4) is 0 Å². The van der Waals surface area contributed by atoms with Crippen LogP contribution in [0.2, 0.25) is 0 Å². The summed E-state index contributed by atoms with van der Waals surface area (Å²) in [4.78, 5) is 5.32. The maximum Gasteiger partial charge on any atom is 0.182 e. The molecule has 12 aromatic rings. The molecule has 0 N–H and O–H groups in total. The van der Waals surface area contributed by atoms with Crippen LogP contribution in [0.4, 0.5) is 0 Å². The van der Waals surface area contributed by atoms with Crippen LogP contribution in [0.25, 0.3) is 104 Å². The molecule has 0 spiro atoms. The first-order chi connectivity index (χ1) is 27.8. The van der Waals surface area contributed by atoms with Gasteiger partial charge in [0, 0.05) is 52.8 Å². The summed E-state index contributed by atoms with van der Waals surface area (Å²) in [6, 6.07) is 67.0. The van der Waals surface area contributed by atoms with E-state index < -0.39 is 0 Å². The first-order valence-corrected chi connectivity index (χ1v) is 19.7. The van der Waals surface area contributed by atoms with E-state index in [-0.39, 0.29) is 0 Å². The van der Waals surface area contributed by atoms with Gasteiger partial charge in [-0.05, 0) is 54.6 Å². The van der Waals surface area contributed by atoms with Gasteiger partial charge in [0.05, 0.1) is 39.1 Å². The van der Waals surface area contributed by atoms with Gasteiger partial charge in [0.25, 0.3) is 0 Å². The highest BCUT2D eigenvalue weighted by Gasteiger charge is 2.25. The minimum atomic E-state index is 0.683. The van der Waals surface area contributed by atoms with Gasteiger partial charge in [-0.25, -0.2) is 9.67 Å². The number of aromatic nitrogens is 5. The average molecular weight is 734 g/mol. The molecule has 4 aromatic heterocycles. The van der Waals surface area contributed by atoms with Crippen LogP contribution in [0.5, 0.6) is 0 Å². The molecule has 0 saturated carbocycles. The van der Waals surface area contributed by atoms with Gasteiger partial charge < -0.3 is 9.13 Å². The maximum absolute atomic E-state index is 5.32. The SMILES string of the molecule is c1ccc(-c2nc(-c3cccc4c5ccccc5n(-c5ccccc5-n5c6ccccc6c6c7sc8ccccc8c7ccc65)c34)n(-c3ccccc3)n2)cc1. The fourth-order valence-electron chi connectivity index (χ4n) is 8.73. The summed E-state index contributed by atoms with van der Waals surface area (Å²) in [6.07, 6.45) is 0. The minimum absolute atomic E-state index is 0.683. The topological polar surface area (TPSA) is 40.6 Å².